The van der Waals surface area contributed by atoms with E-state index in [0.29, 0.717) is 5.69 Å². The van der Waals surface area contributed by atoms with Gasteiger partial charge in [-0.3, -0.25) is 4.90 Å². The first-order valence-electron chi connectivity index (χ1n) is 9.41. The Kier molecular flexibility index (Phi) is 4.73. The normalized spacial score (nSPS) is 24.9. The van der Waals surface area contributed by atoms with Crippen molar-refractivity contribution < 1.29 is 27.5 Å². The van der Waals surface area contributed by atoms with E-state index in [-0.39, 0.29) is 11.3 Å². The van der Waals surface area contributed by atoms with Gasteiger partial charge in [0.15, 0.2) is 0 Å². The highest BCUT2D eigenvalue weighted by Gasteiger charge is 2.63. The smallest absolute Gasteiger partial charge is 0.412 e. The van der Waals surface area contributed by atoms with Crippen molar-refractivity contribution in [1.29, 1.82) is 0 Å². The maximum absolute atomic E-state index is 13.7. The number of ether oxygens (including phenoxy) is 2. The van der Waals surface area contributed by atoms with E-state index in [1.165, 1.54) is 35.6 Å². The Morgan fingerprint density at radius 3 is 2.27 bits per heavy atom. The molecule has 2 aromatic rings. The quantitative estimate of drug-likeness (QED) is 0.695. The number of carbonyl (C=O) groups is 2. The molecule has 2 aromatic carbocycles. The lowest BCUT2D eigenvalue weighted by Crippen LogP contribution is -2.59. The molecule has 0 saturated carbocycles. The van der Waals surface area contributed by atoms with Crippen LogP contribution in [-0.4, -0.2) is 51.3 Å². The second kappa shape index (κ2) is 7.02. The van der Waals surface area contributed by atoms with Crippen molar-refractivity contribution in [2.24, 2.45) is 0 Å². The molecule has 158 valence electrons. The molecular weight excluding hydrogens is 408 g/mol. The monoisotopic (exact) mass is 430 g/mol. The molecule has 0 bridgehead atoms. The molecule has 8 nitrogen and oxygen atoms in total. The van der Waals surface area contributed by atoms with Crippen molar-refractivity contribution in [1.82, 2.24) is 4.90 Å². The maximum Gasteiger partial charge on any atom is 0.412 e. The van der Waals surface area contributed by atoms with Crippen LogP contribution in [0.2, 0.25) is 0 Å². The number of carbonyl (C=O) groups excluding carboxylic acids is 2. The van der Waals surface area contributed by atoms with Gasteiger partial charge in [0.25, 0.3) is 10.0 Å². The first-order chi connectivity index (χ1) is 14.3. The van der Waals surface area contributed by atoms with Gasteiger partial charge in [0.2, 0.25) is 0 Å². The molecule has 1 fully saturated rings. The summed E-state index contributed by atoms with van der Waals surface area (Å²) in [4.78, 5) is 26.8. The van der Waals surface area contributed by atoms with E-state index in [9.17, 15) is 18.0 Å². The Bertz CT molecular complexity index is 1100. The highest BCUT2D eigenvalue weighted by Crippen LogP contribution is 2.55. The number of hydrogen-bond acceptors (Lipinski definition) is 6. The van der Waals surface area contributed by atoms with Crippen molar-refractivity contribution in [2.45, 2.75) is 35.9 Å². The molecule has 1 amide bonds. The number of likely N-dealkylation sites (tertiary alicyclic amines) is 1. The summed E-state index contributed by atoms with van der Waals surface area (Å²) in [6.07, 6.45) is -1.54. The van der Waals surface area contributed by atoms with E-state index in [1.54, 1.807) is 37.3 Å². The summed E-state index contributed by atoms with van der Waals surface area (Å²) in [6.45, 7) is 1.57. The zero-order valence-corrected chi connectivity index (χ0v) is 17.6. The summed E-state index contributed by atoms with van der Waals surface area (Å²) in [6, 6.07) is 15.1. The van der Waals surface area contributed by atoms with Crippen LogP contribution >= 0.6 is 0 Å². The summed E-state index contributed by atoms with van der Waals surface area (Å²) in [5, 5.41) is 0. The zero-order chi connectivity index (χ0) is 21.7. The van der Waals surface area contributed by atoms with Gasteiger partial charge in [-0.1, -0.05) is 36.4 Å². The van der Waals surface area contributed by atoms with Crippen molar-refractivity contribution >= 4 is 27.8 Å². The predicted octanol–water partition coefficient (Wildman–Crippen LogP) is 2.71. The molecule has 0 aromatic heterocycles. The lowest BCUT2D eigenvalue weighted by atomic mass is 9.90. The molecule has 3 atom stereocenters. The number of esters is 1. The number of sulfonamides is 1. The molecule has 2 unspecified atom stereocenters. The minimum atomic E-state index is -4.03. The van der Waals surface area contributed by atoms with Crippen LogP contribution in [0.1, 0.15) is 24.8 Å². The van der Waals surface area contributed by atoms with Crippen molar-refractivity contribution in [2.75, 3.05) is 18.5 Å². The first-order valence-corrected chi connectivity index (χ1v) is 10.9. The third-order valence-electron chi connectivity index (χ3n) is 5.88. The van der Waals surface area contributed by atoms with Gasteiger partial charge in [-0.05, 0) is 37.1 Å². The second-order valence-electron chi connectivity index (χ2n) is 7.50. The number of benzene rings is 2. The van der Waals surface area contributed by atoms with Gasteiger partial charge in [-0.25, -0.2) is 22.3 Å². The largest absolute Gasteiger partial charge is 0.467 e. The van der Waals surface area contributed by atoms with Crippen LogP contribution in [0.4, 0.5) is 10.5 Å². The molecule has 2 aliphatic rings. The lowest BCUT2D eigenvalue weighted by Gasteiger charge is -2.38. The number of anilines is 1. The molecule has 2 heterocycles. The summed E-state index contributed by atoms with van der Waals surface area (Å²) in [7, 11) is -1.59. The number of rotatable bonds is 3. The summed E-state index contributed by atoms with van der Waals surface area (Å²) >= 11 is 0. The molecule has 0 radical (unpaired) electrons. The molecular formula is C21H22N2O6S. The number of hydrogen-bond donors (Lipinski definition) is 0. The average Bonchev–Trinajstić information content (AvgIpc) is 3.24. The standard InChI is InChI=1S/C21H22N2O6S/c1-21(19(24)28-2)13-16-15-11-7-8-12-17(15)23(18(16)22(21)20(25)29-3)30(26,27)14-9-5-4-6-10-14/h4-12,16,18H,13H2,1-3H3/t16?,18?,21-/m0/s1. The van der Waals surface area contributed by atoms with Gasteiger partial charge >= 0.3 is 12.1 Å². The van der Waals surface area contributed by atoms with Gasteiger partial charge < -0.3 is 9.47 Å². The van der Waals surface area contributed by atoms with E-state index >= 15 is 0 Å². The summed E-state index contributed by atoms with van der Waals surface area (Å²) in [5.74, 6) is -1.04. The number of nitrogens with zero attached hydrogens (tertiary/aromatic N) is 2. The van der Waals surface area contributed by atoms with Gasteiger partial charge in [0.1, 0.15) is 11.7 Å². The minimum Gasteiger partial charge on any atom is -0.467 e. The fourth-order valence-corrected chi connectivity index (χ4v) is 6.25. The van der Waals surface area contributed by atoms with Crippen LogP contribution in [0.15, 0.2) is 59.5 Å². The first kappa shape index (κ1) is 20.2. The molecule has 2 aliphatic heterocycles. The van der Waals surface area contributed by atoms with Gasteiger partial charge in [0, 0.05) is 5.92 Å². The topological polar surface area (TPSA) is 93.2 Å². The fourth-order valence-electron chi connectivity index (χ4n) is 4.57. The van der Waals surface area contributed by atoms with Crippen molar-refractivity contribution in [3.63, 3.8) is 0 Å². The highest BCUT2D eigenvalue weighted by atomic mass is 32.2. The Morgan fingerprint density at radius 2 is 1.63 bits per heavy atom. The molecule has 9 heteroatoms. The number of para-hydroxylation sites is 1. The third kappa shape index (κ3) is 2.68. The molecule has 4 rings (SSSR count). The zero-order valence-electron chi connectivity index (χ0n) is 16.8. The number of fused-ring (bicyclic) bond motifs is 3. The second-order valence-corrected chi connectivity index (χ2v) is 9.32. The van der Waals surface area contributed by atoms with Crippen LogP contribution in [0.25, 0.3) is 0 Å². The van der Waals surface area contributed by atoms with Crippen LogP contribution < -0.4 is 4.31 Å². The molecule has 1 saturated heterocycles. The molecule has 0 spiro atoms. The average molecular weight is 430 g/mol. The third-order valence-corrected chi connectivity index (χ3v) is 7.68. The van der Waals surface area contributed by atoms with Crippen LogP contribution in [0.5, 0.6) is 0 Å². The van der Waals surface area contributed by atoms with Gasteiger partial charge in [-0.15, -0.1) is 0 Å². The van der Waals surface area contributed by atoms with E-state index in [2.05, 4.69) is 0 Å². The van der Waals surface area contributed by atoms with E-state index < -0.39 is 39.7 Å². The maximum atomic E-state index is 13.7. The number of amides is 1. The van der Waals surface area contributed by atoms with Crippen LogP contribution in [-0.2, 0) is 24.3 Å². The van der Waals surface area contributed by atoms with E-state index in [4.69, 9.17) is 9.47 Å². The molecule has 30 heavy (non-hydrogen) atoms. The fraction of sp³-hybridized carbons (Fsp3) is 0.333. The van der Waals surface area contributed by atoms with Gasteiger partial charge in [0.05, 0.1) is 24.8 Å². The van der Waals surface area contributed by atoms with Crippen molar-refractivity contribution in [3.05, 3.63) is 60.2 Å². The van der Waals surface area contributed by atoms with E-state index in [1.807, 2.05) is 12.1 Å². The Hall–Kier alpha value is -3.07. The lowest BCUT2D eigenvalue weighted by molar-refractivity contribution is -0.152. The highest BCUT2D eigenvalue weighted by molar-refractivity contribution is 7.92. The summed E-state index contributed by atoms with van der Waals surface area (Å²) in [5.41, 5.74) is -0.143. The Morgan fingerprint density at radius 1 is 1.00 bits per heavy atom. The van der Waals surface area contributed by atoms with Crippen molar-refractivity contribution in [3.8, 4) is 0 Å². The minimum absolute atomic E-state index is 0.0944. The molecule has 0 N–H and O–H groups in total. The number of methoxy groups -OCH3 is 2. The predicted molar refractivity (Wildman–Crippen MR) is 108 cm³/mol. The van der Waals surface area contributed by atoms with Gasteiger partial charge in [-0.2, -0.15) is 0 Å². The van der Waals surface area contributed by atoms with Crippen LogP contribution in [0.3, 0.4) is 0 Å². The Labute approximate surface area is 175 Å². The molecule has 0 aliphatic carbocycles. The SMILES string of the molecule is COC(=O)N1C2C(C[C@@]1(C)C(=O)OC)c1ccccc1N2S(=O)(=O)c1ccccc1. The van der Waals surface area contributed by atoms with Crippen LogP contribution in [0, 0.1) is 0 Å². The summed E-state index contributed by atoms with van der Waals surface area (Å²) < 4.78 is 38.5. The Balaban J connectivity index is 1.95. The van der Waals surface area contributed by atoms with E-state index in [0.717, 1.165) is 5.56 Å².